The van der Waals surface area contributed by atoms with Crippen molar-refractivity contribution >= 4 is 27.0 Å². The van der Waals surface area contributed by atoms with E-state index in [0.29, 0.717) is 19.4 Å². The van der Waals surface area contributed by atoms with Crippen molar-refractivity contribution in [2.45, 2.75) is 79.5 Å². The second-order valence-electron chi connectivity index (χ2n) is 11.8. The lowest BCUT2D eigenvalue weighted by Crippen LogP contribution is -2.52. The normalized spacial score (nSPS) is 22.1. The molecule has 0 spiro atoms. The Labute approximate surface area is 254 Å². The average Bonchev–Trinajstić information content (AvgIpc) is 2.95. The molecule has 1 heterocycles. The van der Waals surface area contributed by atoms with Gasteiger partial charge in [0.15, 0.2) is 26.6 Å². The van der Waals surface area contributed by atoms with Gasteiger partial charge in [0, 0.05) is 11.0 Å². The van der Waals surface area contributed by atoms with E-state index in [1.165, 1.54) is 12.1 Å². The van der Waals surface area contributed by atoms with Crippen molar-refractivity contribution in [2.75, 3.05) is 6.61 Å². The number of benzene rings is 3. The molecule has 0 radical (unpaired) electrons. The monoisotopic (exact) mass is 635 g/mol. The fraction of sp³-hybridized carbons (Fsp3) is 0.406. The van der Waals surface area contributed by atoms with Crippen LogP contribution in [0, 0.1) is 11.3 Å². The topological polar surface area (TPSA) is 99.1 Å². The third kappa shape index (κ3) is 6.96. The molecule has 3 aromatic rings. The molecule has 4 atom stereocenters. The molecular weight excluding hydrogens is 598 g/mol. The highest BCUT2D eigenvalue weighted by Crippen LogP contribution is 2.43. The summed E-state index contributed by atoms with van der Waals surface area (Å²) in [5, 5.41) is -4.65. The minimum Gasteiger partial charge on any atom is -0.451 e. The van der Waals surface area contributed by atoms with Gasteiger partial charge < -0.3 is 14.2 Å². The number of carbonyl (C=O) groups is 1. The molecule has 1 aliphatic heterocycles. The summed E-state index contributed by atoms with van der Waals surface area (Å²) in [5.41, 5.74) is 0.723. The van der Waals surface area contributed by atoms with Crippen molar-refractivity contribution in [3.05, 3.63) is 90.0 Å². The van der Waals surface area contributed by atoms with Gasteiger partial charge in [-0.1, -0.05) is 45.9 Å². The second kappa shape index (κ2) is 12.3. The van der Waals surface area contributed by atoms with E-state index in [1.807, 2.05) is 61.5 Å². The molecule has 0 saturated carbocycles. The third-order valence-corrected chi connectivity index (χ3v) is 10.7. The van der Waals surface area contributed by atoms with Gasteiger partial charge in [-0.3, -0.25) is 4.55 Å². The summed E-state index contributed by atoms with van der Waals surface area (Å²) >= 11 is 0. The maximum Gasteiger partial charge on any atom is 0.405 e. The summed E-state index contributed by atoms with van der Waals surface area (Å²) in [6.07, 6.45) is -2.38. The SMILES string of the molecule is CC(C)C1OC(C)(c2ccc([S+](c3ccccc3)c3ccc(C(=O)OC(C)C(F)(F)S(=O)(=O)O)cc3)cc2)OCC1(C)C. The zero-order chi connectivity index (χ0) is 31.8. The van der Waals surface area contributed by atoms with Crippen molar-refractivity contribution < 1.29 is 40.8 Å². The van der Waals surface area contributed by atoms with Gasteiger partial charge in [-0.05, 0) is 80.4 Å². The van der Waals surface area contributed by atoms with E-state index >= 15 is 0 Å². The fourth-order valence-electron chi connectivity index (χ4n) is 5.12. The Kier molecular flexibility index (Phi) is 9.44. The van der Waals surface area contributed by atoms with Crippen LogP contribution in [-0.2, 0) is 41.0 Å². The van der Waals surface area contributed by atoms with Crippen LogP contribution in [0.5, 0.6) is 0 Å². The summed E-state index contributed by atoms with van der Waals surface area (Å²) in [5.74, 6) is -1.74. The molecule has 0 amide bonds. The molecule has 1 N–H and O–H groups in total. The number of esters is 1. The molecule has 1 saturated heterocycles. The highest BCUT2D eigenvalue weighted by atomic mass is 32.2. The lowest BCUT2D eigenvalue weighted by molar-refractivity contribution is -0.337. The summed E-state index contributed by atoms with van der Waals surface area (Å²) < 4.78 is 76.0. The number of alkyl halides is 2. The summed E-state index contributed by atoms with van der Waals surface area (Å²) in [7, 11) is -6.35. The molecule has 43 heavy (non-hydrogen) atoms. The Hall–Kier alpha value is -2.83. The Morgan fingerprint density at radius 3 is 1.95 bits per heavy atom. The Morgan fingerprint density at radius 1 is 0.930 bits per heavy atom. The minimum absolute atomic E-state index is 0.0114. The number of hydrogen-bond donors (Lipinski definition) is 1. The first-order valence-corrected chi connectivity index (χ1v) is 16.5. The molecule has 1 aliphatic rings. The quantitative estimate of drug-likeness (QED) is 0.152. The lowest BCUT2D eigenvalue weighted by atomic mass is 9.80. The van der Waals surface area contributed by atoms with Crippen molar-refractivity contribution in [1.82, 2.24) is 0 Å². The van der Waals surface area contributed by atoms with Crippen LogP contribution < -0.4 is 0 Å². The zero-order valence-corrected chi connectivity index (χ0v) is 26.5. The maximum atomic E-state index is 13.9. The van der Waals surface area contributed by atoms with E-state index in [1.54, 1.807) is 12.1 Å². The van der Waals surface area contributed by atoms with E-state index in [2.05, 4.69) is 32.4 Å². The summed E-state index contributed by atoms with van der Waals surface area (Å²) in [6, 6.07) is 24.1. The Morgan fingerprint density at radius 2 is 1.44 bits per heavy atom. The number of carbonyl (C=O) groups excluding carboxylic acids is 1. The van der Waals surface area contributed by atoms with Gasteiger partial charge in [0.05, 0.1) is 29.2 Å². The first kappa shape index (κ1) is 33.1. The largest absolute Gasteiger partial charge is 0.451 e. The number of hydrogen-bond acceptors (Lipinski definition) is 6. The van der Waals surface area contributed by atoms with Gasteiger partial charge in [0.25, 0.3) is 0 Å². The van der Waals surface area contributed by atoms with Crippen LogP contribution in [0.15, 0.2) is 93.5 Å². The van der Waals surface area contributed by atoms with Gasteiger partial charge in [-0.15, -0.1) is 0 Å². The van der Waals surface area contributed by atoms with Crippen LogP contribution in [0.1, 0.15) is 57.5 Å². The molecule has 0 bridgehead atoms. The molecule has 0 aliphatic carbocycles. The van der Waals surface area contributed by atoms with Crippen LogP contribution in [0.4, 0.5) is 8.78 Å². The summed E-state index contributed by atoms with van der Waals surface area (Å²) in [6.45, 7) is 11.8. The van der Waals surface area contributed by atoms with Gasteiger partial charge in [0.2, 0.25) is 0 Å². The highest BCUT2D eigenvalue weighted by molar-refractivity contribution is 7.97. The van der Waals surface area contributed by atoms with Crippen LogP contribution in [0.2, 0.25) is 0 Å². The van der Waals surface area contributed by atoms with Crippen LogP contribution in [0.25, 0.3) is 0 Å². The smallest absolute Gasteiger partial charge is 0.405 e. The van der Waals surface area contributed by atoms with Crippen molar-refractivity contribution in [3.8, 4) is 0 Å². The molecule has 1 fully saturated rings. The Bertz CT molecular complexity index is 1530. The fourth-order valence-corrected chi connectivity index (χ4v) is 7.65. The predicted octanol–water partition coefficient (Wildman–Crippen LogP) is 7.08. The molecule has 4 unspecified atom stereocenters. The molecule has 4 rings (SSSR count). The first-order valence-electron chi connectivity index (χ1n) is 13.8. The van der Waals surface area contributed by atoms with Crippen molar-refractivity contribution in [2.24, 2.45) is 11.3 Å². The maximum absolute atomic E-state index is 13.9. The zero-order valence-electron chi connectivity index (χ0n) is 24.9. The van der Waals surface area contributed by atoms with Gasteiger partial charge in [0.1, 0.15) is 0 Å². The number of halogens is 2. The van der Waals surface area contributed by atoms with Crippen LogP contribution in [-0.4, -0.2) is 43.0 Å². The number of rotatable bonds is 9. The van der Waals surface area contributed by atoms with E-state index in [9.17, 15) is 22.0 Å². The standard InChI is InChI=1S/C32H36F2O7S2/c1-21(2)28-30(4,5)20-39-31(6,41-28)24-14-18-27(19-15-24)42(25-10-8-7-9-11-25)26-16-12-23(13-17-26)29(35)40-22(3)32(33,34)43(36,37)38/h7-19,21-22,28H,20H2,1-6H3/p+1. The van der Waals surface area contributed by atoms with Gasteiger partial charge in [-0.2, -0.15) is 17.2 Å². The van der Waals surface area contributed by atoms with Crippen LogP contribution >= 0.6 is 0 Å². The second-order valence-corrected chi connectivity index (χ2v) is 15.3. The number of ether oxygens (including phenoxy) is 3. The molecule has 232 valence electrons. The van der Waals surface area contributed by atoms with E-state index in [0.717, 1.165) is 20.2 Å². The highest BCUT2D eigenvalue weighted by Gasteiger charge is 2.52. The van der Waals surface area contributed by atoms with Crippen LogP contribution in [0.3, 0.4) is 0 Å². The Balaban J connectivity index is 1.61. The van der Waals surface area contributed by atoms with E-state index in [-0.39, 0.29) is 17.1 Å². The molecular formula is C32H37F2O7S2+. The molecule has 0 aromatic heterocycles. The molecule has 7 nitrogen and oxygen atoms in total. The van der Waals surface area contributed by atoms with Gasteiger partial charge >= 0.3 is 21.3 Å². The van der Waals surface area contributed by atoms with Crippen molar-refractivity contribution in [3.63, 3.8) is 0 Å². The van der Waals surface area contributed by atoms with Crippen molar-refractivity contribution in [1.29, 1.82) is 0 Å². The average molecular weight is 636 g/mol. The van der Waals surface area contributed by atoms with Gasteiger partial charge in [-0.25, -0.2) is 4.79 Å². The van der Waals surface area contributed by atoms with E-state index < -0.39 is 44.1 Å². The first-order chi connectivity index (χ1) is 20.0. The third-order valence-electron chi connectivity index (χ3n) is 7.47. The summed E-state index contributed by atoms with van der Waals surface area (Å²) in [4.78, 5) is 15.4. The molecule has 3 aromatic carbocycles. The molecule has 11 heteroatoms. The van der Waals surface area contributed by atoms with E-state index in [4.69, 9.17) is 14.0 Å². The minimum atomic E-state index is -5.76. The predicted molar refractivity (Wildman–Crippen MR) is 160 cm³/mol. The lowest BCUT2D eigenvalue weighted by Gasteiger charge is -2.49.